The molecule has 0 fully saturated rings. The maximum absolute atomic E-state index is 14.2. The van der Waals surface area contributed by atoms with Gasteiger partial charge in [0, 0.05) is 11.1 Å². The first-order chi connectivity index (χ1) is 20.9. The number of nitriles is 1. The molecule has 2 heterocycles. The van der Waals surface area contributed by atoms with Crippen molar-refractivity contribution in [3.8, 4) is 17.5 Å². The van der Waals surface area contributed by atoms with Gasteiger partial charge in [-0.05, 0) is 42.5 Å². The molecule has 45 heavy (non-hydrogen) atoms. The van der Waals surface area contributed by atoms with E-state index in [0.717, 1.165) is 22.8 Å². The van der Waals surface area contributed by atoms with Crippen molar-refractivity contribution in [2.24, 2.45) is 9.98 Å². The summed E-state index contributed by atoms with van der Waals surface area (Å²) in [5.41, 5.74) is -5.55. The fraction of sp³-hybridized carbons (Fsp3) is 0.185. The molecule has 0 unspecified atom stereocenters. The van der Waals surface area contributed by atoms with Crippen molar-refractivity contribution in [3.05, 3.63) is 97.6 Å². The summed E-state index contributed by atoms with van der Waals surface area (Å²) in [5, 5.41) is 61.3. The Hall–Kier alpha value is -4.73. The number of aliphatic hydroxyl groups is 5. The van der Waals surface area contributed by atoms with Gasteiger partial charge in [-0.1, -0.05) is 11.6 Å². The number of hydrogen-bond donors (Lipinski definition) is 5. The molecule has 2 aromatic rings. The molecule has 2 aliphatic heterocycles. The minimum absolute atomic E-state index is 0.123. The summed E-state index contributed by atoms with van der Waals surface area (Å²) < 4.78 is 83.0. The zero-order valence-corrected chi connectivity index (χ0v) is 22.7. The number of rotatable bonds is 4. The Balaban J connectivity index is 2.00. The molecule has 1 amide bonds. The monoisotopic (exact) mass is 655 g/mol. The van der Waals surface area contributed by atoms with Gasteiger partial charge in [-0.25, -0.2) is 22.7 Å². The second kappa shape index (κ2) is 10.7. The van der Waals surface area contributed by atoms with Gasteiger partial charge in [-0.2, -0.15) is 23.4 Å². The molecule has 234 valence electrons. The van der Waals surface area contributed by atoms with Gasteiger partial charge in [0.2, 0.25) is 5.62 Å². The summed E-state index contributed by atoms with van der Waals surface area (Å²) in [7, 11) is 0. The van der Waals surface area contributed by atoms with E-state index in [4.69, 9.17) is 11.6 Å². The molecule has 1 aliphatic carbocycles. The van der Waals surface area contributed by atoms with Crippen molar-refractivity contribution >= 4 is 23.3 Å². The van der Waals surface area contributed by atoms with Gasteiger partial charge >= 0.3 is 18.0 Å². The van der Waals surface area contributed by atoms with Crippen molar-refractivity contribution in [2.75, 3.05) is 6.67 Å². The smallest absolute Gasteiger partial charge is 0.416 e. The fourth-order valence-electron chi connectivity index (χ4n) is 4.78. The average Bonchev–Trinajstić information content (AvgIpc) is 3.34. The second-order valence-electron chi connectivity index (χ2n) is 9.60. The SMILES string of the molecule is N#Cc1c2n3c(n(CCF)c-2cc(=NC(=O)c2cc(F)cc(C(F)(F)F)c2)/c1=C(\O)c1cc(F)ccc1Cl)=NC(O)(O)C3(O)O. The lowest BCUT2D eigenvalue weighted by atomic mass is 10.0. The maximum Gasteiger partial charge on any atom is 0.416 e. The third-order valence-electron chi connectivity index (χ3n) is 6.77. The van der Waals surface area contributed by atoms with Crippen LogP contribution in [0, 0.1) is 23.0 Å². The quantitative estimate of drug-likeness (QED) is 0.164. The lowest BCUT2D eigenvalue weighted by Crippen LogP contribution is -2.52. The molecule has 2 aromatic carbocycles. The van der Waals surface area contributed by atoms with Crippen LogP contribution >= 0.6 is 11.6 Å². The summed E-state index contributed by atoms with van der Waals surface area (Å²) in [5.74, 6) is -12.4. The molecule has 0 saturated heterocycles. The first kappa shape index (κ1) is 31.7. The van der Waals surface area contributed by atoms with Crippen LogP contribution in [0.3, 0.4) is 0 Å². The maximum atomic E-state index is 14.2. The van der Waals surface area contributed by atoms with E-state index >= 15 is 0 Å². The van der Waals surface area contributed by atoms with Crippen molar-refractivity contribution < 1.29 is 56.7 Å². The third-order valence-corrected chi connectivity index (χ3v) is 7.10. The number of imidazole rings is 1. The molecule has 0 saturated carbocycles. The molecule has 5 rings (SSSR count). The van der Waals surface area contributed by atoms with Crippen molar-refractivity contribution in [1.82, 2.24) is 9.13 Å². The van der Waals surface area contributed by atoms with E-state index in [2.05, 4.69) is 9.98 Å². The van der Waals surface area contributed by atoms with Gasteiger partial charge < -0.3 is 30.1 Å². The Bertz CT molecular complexity index is 2120. The molecule has 11 nitrogen and oxygen atoms in total. The summed E-state index contributed by atoms with van der Waals surface area (Å²) >= 11 is 6.12. The Morgan fingerprint density at radius 3 is 2.38 bits per heavy atom. The second-order valence-corrected chi connectivity index (χ2v) is 10.0. The number of alkyl halides is 4. The molecule has 3 aliphatic rings. The average molecular weight is 656 g/mol. The summed E-state index contributed by atoms with van der Waals surface area (Å²) in [4.78, 5) is 20.2. The number of fused-ring (bicyclic) bond motifs is 3. The highest BCUT2D eigenvalue weighted by atomic mass is 35.5. The Morgan fingerprint density at radius 2 is 1.76 bits per heavy atom. The van der Waals surface area contributed by atoms with Gasteiger partial charge in [0.25, 0.3) is 5.91 Å². The van der Waals surface area contributed by atoms with E-state index in [9.17, 15) is 61.9 Å². The predicted octanol–water partition coefficient (Wildman–Crippen LogP) is 1.51. The molecule has 0 bridgehead atoms. The number of aromatic nitrogens is 2. The number of amides is 1. The predicted molar refractivity (Wildman–Crippen MR) is 138 cm³/mol. The summed E-state index contributed by atoms with van der Waals surface area (Å²) in [6.07, 6.45) is -5.07. The van der Waals surface area contributed by atoms with Crippen LogP contribution in [0.1, 0.15) is 27.0 Å². The molecular formula is C27H16ClF6N5O6. The molecule has 18 heteroatoms. The number of carbonyl (C=O) groups is 1. The minimum atomic E-state index is -5.07. The number of hydrogen-bond acceptors (Lipinski definition) is 8. The minimum Gasteiger partial charge on any atom is -0.507 e. The van der Waals surface area contributed by atoms with E-state index in [-0.39, 0.29) is 22.8 Å². The number of nitrogens with zero attached hydrogens (tertiary/aromatic N) is 5. The standard InChI is InChI=1S/C27H16ClF6N5O6/c28-17-2-1-13(30)8-15(17)22(40)20-16(10-35)21-19(38(4-3-29)24-37-26(42,43)27(44,45)39(21)24)9-18(20)36-23(41)11-5-12(25(32,33)34)7-14(31)6-11/h1-2,5-9,40,42-45H,3-4H2/b22-20-,36-18?. The Kier molecular flexibility index (Phi) is 7.54. The van der Waals surface area contributed by atoms with E-state index in [0.29, 0.717) is 16.7 Å². The lowest BCUT2D eigenvalue weighted by molar-refractivity contribution is -0.388. The van der Waals surface area contributed by atoms with Crippen LogP contribution < -0.4 is 16.2 Å². The van der Waals surface area contributed by atoms with Crippen LogP contribution in [0.4, 0.5) is 26.3 Å². The van der Waals surface area contributed by atoms with Gasteiger partial charge in [-0.3, -0.25) is 4.79 Å². The largest absolute Gasteiger partial charge is 0.507 e. The first-order valence-electron chi connectivity index (χ1n) is 12.3. The van der Waals surface area contributed by atoms with Gasteiger partial charge in [0.15, 0.2) is 0 Å². The van der Waals surface area contributed by atoms with Crippen LogP contribution in [-0.2, 0) is 18.6 Å². The highest BCUT2D eigenvalue weighted by Crippen LogP contribution is 2.35. The number of benzene rings is 3. The van der Waals surface area contributed by atoms with Crippen LogP contribution in [0.5, 0.6) is 0 Å². The van der Waals surface area contributed by atoms with Gasteiger partial charge in [-0.15, -0.1) is 0 Å². The van der Waals surface area contributed by atoms with Crippen LogP contribution in [0.2, 0.25) is 5.02 Å². The normalized spacial score (nSPS) is 16.4. The van der Waals surface area contributed by atoms with Crippen molar-refractivity contribution in [2.45, 2.75) is 24.5 Å². The van der Waals surface area contributed by atoms with E-state index < -0.39 is 98.7 Å². The van der Waals surface area contributed by atoms with E-state index in [1.807, 2.05) is 0 Å². The zero-order valence-electron chi connectivity index (χ0n) is 22.0. The van der Waals surface area contributed by atoms with Gasteiger partial charge in [0.05, 0.1) is 44.7 Å². The topological polar surface area (TPSA) is 177 Å². The summed E-state index contributed by atoms with van der Waals surface area (Å²) in [6.45, 7) is -1.87. The molecule has 0 aromatic heterocycles. The van der Waals surface area contributed by atoms with Crippen molar-refractivity contribution in [3.63, 3.8) is 0 Å². The molecule has 0 radical (unpaired) electrons. The van der Waals surface area contributed by atoms with E-state index in [1.54, 1.807) is 6.07 Å². The third kappa shape index (κ3) is 5.11. The van der Waals surface area contributed by atoms with E-state index in [1.165, 1.54) is 0 Å². The fourth-order valence-corrected chi connectivity index (χ4v) is 4.99. The molecule has 0 atom stereocenters. The molecular weight excluding hydrogens is 640 g/mol. The number of halogens is 7. The first-order valence-corrected chi connectivity index (χ1v) is 12.7. The highest BCUT2D eigenvalue weighted by molar-refractivity contribution is 6.32. The lowest BCUT2D eigenvalue weighted by Gasteiger charge is -2.28. The number of carbonyl (C=O) groups excluding carboxylic acids is 1. The number of aliphatic hydroxyl groups excluding tert-OH is 1. The van der Waals surface area contributed by atoms with Crippen LogP contribution in [0.15, 0.2) is 52.4 Å². The van der Waals surface area contributed by atoms with Crippen LogP contribution in [0.25, 0.3) is 17.1 Å². The zero-order chi connectivity index (χ0) is 33.2. The Labute approximate surface area is 250 Å². The molecule has 5 N–H and O–H groups in total. The summed E-state index contributed by atoms with van der Waals surface area (Å²) in [6, 6.07) is 5.91. The molecule has 0 spiro atoms. The highest BCUT2D eigenvalue weighted by Gasteiger charge is 2.57. The Morgan fingerprint density at radius 1 is 1.07 bits per heavy atom. The van der Waals surface area contributed by atoms with Crippen molar-refractivity contribution in [1.29, 1.82) is 5.26 Å². The van der Waals surface area contributed by atoms with Crippen LogP contribution in [-0.4, -0.2) is 53.2 Å². The van der Waals surface area contributed by atoms with Gasteiger partial charge in [0.1, 0.15) is 30.1 Å².